The van der Waals surface area contributed by atoms with E-state index >= 15 is 0 Å². The summed E-state index contributed by atoms with van der Waals surface area (Å²) in [6.45, 7) is -0.867. The topological polar surface area (TPSA) is 297 Å². The van der Waals surface area contributed by atoms with E-state index in [0.717, 1.165) is 30.3 Å². The van der Waals surface area contributed by atoms with Crippen LogP contribution >= 0.6 is 0 Å². The minimum Gasteiger partial charge on any atom is -0.507 e. The number of rotatable bonds is 10. The Balaban J connectivity index is 1.77. The number of phenols is 4. The molecule has 0 amide bonds. The third-order valence-corrected chi connectivity index (χ3v) is 6.29. The van der Waals surface area contributed by atoms with Crippen molar-refractivity contribution >= 4 is 23.9 Å². The summed E-state index contributed by atoms with van der Waals surface area (Å²) in [5.74, 6) is -9.98. The van der Waals surface area contributed by atoms with Crippen LogP contribution in [-0.4, -0.2) is 102 Å². The molecule has 1 fully saturated rings. The van der Waals surface area contributed by atoms with Gasteiger partial charge < -0.3 is 64.2 Å². The van der Waals surface area contributed by atoms with Crippen molar-refractivity contribution in [3.63, 3.8) is 0 Å². The molecular weight excluding hydrogens is 612 g/mol. The van der Waals surface area contributed by atoms with Crippen LogP contribution in [0.2, 0.25) is 0 Å². The number of carbonyl (C=O) groups excluding carboxylic acids is 2. The van der Waals surface area contributed by atoms with Gasteiger partial charge in [-0.3, -0.25) is 24.0 Å². The molecule has 1 aliphatic carbocycles. The highest BCUT2D eigenvalue weighted by Crippen LogP contribution is 2.45. The van der Waals surface area contributed by atoms with E-state index in [1.165, 1.54) is 0 Å². The Morgan fingerprint density at radius 2 is 1.42 bits per heavy atom. The van der Waals surface area contributed by atoms with E-state index in [4.69, 9.17) is 33.6 Å². The van der Waals surface area contributed by atoms with E-state index in [-0.39, 0.29) is 16.9 Å². The summed E-state index contributed by atoms with van der Waals surface area (Å²) in [6, 6.07) is 4.72. The van der Waals surface area contributed by atoms with Crippen LogP contribution in [0, 0.1) is 0 Å². The molecule has 0 saturated carbocycles. The molecule has 18 nitrogen and oxygen atoms in total. The van der Waals surface area contributed by atoms with Crippen molar-refractivity contribution in [3.8, 4) is 51.4 Å². The van der Waals surface area contributed by atoms with Crippen molar-refractivity contribution in [1.29, 1.82) is 0 Å². The number of carboxylic acid groups (broad SMARTS) is 2. The molecule has 8 N–H and O–H groups in total. The fraction of sp³-hybridized carbons (Fsp3) is 0.296. The van der Waals surface area contributed by atoms with Crippen LogP contribution in [0.3, 0.4) is 0 Å². The Hall–Kier alpha value is -5.59. The molecule has 1 aromatic rings. The third kappa shape index (κ3) is 7.32. The number of esters is 2. The summed E-state index contributed by atoms with van der Waals surface area (Å²) in [5, 5.41) is 79.7. The van der Waals surface area contributed by atoms with Gasteiger partial charge in [0.05, 0.1) is 5.56 Å². The normalized spacial score (nSPS) is 21.2. The smallest absolute Gasteiger partial charge is 0.317 e. The van der Waals surface area contributed by atoms with Crippen LogP contribution in [0.4, 0.5) is 0 Å². The molecule has 0 spiro atoms. The van der Waals surface area contributed by atoms with Gasteiger partial charge in [0.2, 0.25) is 6.29 Å². The van der Waals surface area contributed by atoms with Gasteiger partial charge in [-0.1, -0.05) is 0 Å². The maximum atomic E-state index is 12.1. The molecule has 45 heavy (non-hydrogen) atoms. The Labute approximate surface area is 249 Å². The minimum absolute atomic E-state index is 0.130. The van der Waals surface area contributed by atoms with Gasteiger partial charge >= 0.3 is 23.9 Å². The van der Waals surface area contributed by atoms with Crippen molar-refractivity contribution in [2.75, 3.05) is 6.61 Å². The molecule has 0 bridgehead atoms. The number of carbonyl (C=O) groups is 4. The first-order valence-corrected chi connectivity index (χ1v) is 12.7. The van der Waals surface area contributed by atoms with Gasteiger partial charge in [-0.05, 0) is 18.2 Å². The second-order valence-electron chi connectivity index (χ2n) is 9.58. The Kier molecular flexibility index (Phi) is 9.31. The Bertz CT molecular complexity index is 1640. The number of fused-ring (bicyclic) bond motifs is 1. The van der Waals surface area contributed by atoms with Crippen molar-refractivity contribution in [3.05, 3.63) is 40.6 Å². The Morgan fingerprint density at radius 1 is 0.800 bits per heavy atom. The lowest BCUT2D eigenvalue weighted by atomic mass is 9.98. The quantitative estimate of drug-likeness (QED) is 0.0787. The summed E-state index contributed by atoms with van der Waals surface area (Å²) in [6.07, 6.45) is -12.0. The van der Waals surface area contributed by atoms with Crippen molar-refractivity contribution in [2.45, 2.75) is 43.5 Å². The summed E-state index contributed by atoms with van der Waals surface area (Å²) < 4.78 is 26.8. The third-order valence-electron chi connectivity index (χ3n) is 6.29. The van der Waals surface area contributed by atoms with Crippen molar-refractivity contribution < 1.29 is 83.4 Å². The van der Waals surface area contributed by atoms with E-state index < -0.39 is 114 Å². The van der Waals surface area contributed by atoms with Gasteiger partial charge in [0, 0.05) is 17.7 Å². The molecular formula is C27H24O18. The molecule has 2 aliphatic heterocycles. The Morgan fingerprint density at radius 3 is 2.04 bits per heavy atom. The molecule has 240 valence electrons. The second kappa shape index (κ2) is 13.0. The fourth-order valence-corrected chi connectivity index (χ4v) is 4.27. The van der Waals surface area contributed by atoms with Crippen LogP contribution in [0.25, 0.3) is 22.6 Å². The molecule has 0 aromatic heterocycles. The monoisotopic (exact) mass is 636 g/mol. The first-order valence-electron chi connectivity index (χ1n) is 12.7. The summed E-state index contributed by atoms with van der Waals surface area (Å²) in [5.41, 5.74) is -0.995. The van der Waals surface area contributed by atoms with Crippen LogP contribution < -0.4 is 10.2 Å². The van der Waals surface area contributed by atoms with Gasteiger partial charge in [0.1, 0.15) is 43.2 Å². The van der Waals surface area contributed by atoms with Gasteiger partial charge in [0.25, 0.3) is 0 Å². The molecule has 0 unspecified atom stereocenters. The van der Waals surface area contributed by atoms with Crippen LogP contribution in [0.5, 0.6) is 28.7 Å². The number of aromatic hydroxyl groups is 4. The van der Waals surface area contributed by atoms with Crippen LogP contribution in [-0.2, 0) is 33.4 Å². The number of carboxylic acids is 2. The highest BCUT2D eigenvalue weighted by Gasteiger charge is 2.49. The number of hydrogen-bond donors (Lipinski definition) is 8. The average molecular weight is 636 g/mol. The zero-order valence-electron chi connectivity index (χ0n) is 22.6. The summed E-state index contributed by atoms with van der Waals surface area (Å²) >= 11 is 0. The SMILES string of the molecule is O=C(O)CC(=O)OC[C@H]1O[C@@H](Oc2cc3c(O)cc(=O)cc-3oc2-c2cc(O)c(O)c(O)c2)[C@H](O)[C@@H](OC(=O)CC(=O)O)[C@@H]1O. The largest absolute Gasteiger partial charge is 0.507 e. The second-order valence-corrected chi connectivity index (χ2v) is 9.58. The predicted molar refractivity (Wildman–Crippen MR) is 140 cm³/mol. The highest BCUT2D eigenvalue weighted by molar-refractivity contribution is 5.90. The summed E-state index contributed by atoms with van der Waals surface area (Å²) in [4.78, 5) is 57.7. The molecule has 5 atom stereocenters. The number of hydrogen-bond acceptors (Lipinski definition) is 16. The number of aliphatic hydroxyl groups excluding tert-OH is 2. The first kappa shape index (κ1) is 32.3. The number of aliphatic carboxylic acids is 2. The molecule has 0 radical (unpaired) electrons. The lowest BCUT2D eigenvalue weighted by molar-refractivity contribution is -0.282. The highest BCUT2D eigenvalue weighted by atomic mass is 16.7. The molecule has 4 rings (SSSR count). The molecule has 3 aliphatic rings. The lowest BCUT2D eigenvalue weighted by Crippen LogP contribution is -2.61. The van der Waals surface area contributed by atoms with Crippen molar-refractivity contribution in [1.82, 2.24) is 0 Å². The van der Waals surface area contributed by atoms with E-state index in [9.17, 15) is 54.6 Å². The molecule has 2 heterocycles. The van der Waals surface area contributed by atoms with E-state index in [1.54, 1.807) is 0 Å². The predicted octanol–water partition coefficient (Wildman–Crippen LogP) is -0.536. The number of benzene rings is 2. The zero-order valence-corrected chi connectivity index (χ0v) is 22.6. The molecule has 18 heteroatoms. The van der Waals surface area contributed by atoms with E-state index in [2.05, 4.69) is 0 Å². The fourth-order valence-electron chi connectivity index (χ4n) is 4.27. The van der Waals surface area contributed by atoms with Crippen molar-refractivity contribution in [2.24, 2.45) is 0 Å². The molecule has 1 aromatic carbocycles. The lowest BCUT2D eigenvalue weighted by Gasteiger charge is -2.41. The minimum atomic E-state index is -2.11. The van der Waals surface area contributed by atoms with Gasteiger partial charge in [-0.2, -0.15) is 0 Å². The van der Waals surface area contributed by atoms with E-state index in [0.29, 0.717) is 0 Å². The number of ether oxygens (including phenoxy) is 4. The van der Waals surface area contributed by atoms with Gasteiger partial charge in [-0.15, -0.1) is 0 Å². The number of phenolic OH excluding ortho intramolecular Hbond substituents is 4. The maximum Gasteiger partial charge on any atom is 0.317 e. The maximum absolute atomic E-state index is 12.1. The average Bonchev–Trinajstić information content (AvgIpc) is 2.93. The standard InChI is InChI=1S/C27H24O18/c28-10-3-12(29)11-5-16(25(42-15(11)4-10)9-1-13(30)22(38)14(31)2-9)43-27-24(40)26(45-21(37)7-19(34)35)23(39)17(44-27)8-41-20(36)6-18(32)33/h1-5,17,23-24,26-27,29-31,38-40H,6-8H2,(H,32,33)(H,34,35)/t17-,23-,24-,26+,27-/m1/s1. The first-order chi connectivity index (χ1) is 21.1. The van der Waals surface area contributed by atoms with Crippen LogP contribution in [0.15, 0.2) is 39.5 Å². The van der Waals surface area contributed by atoms with Crippen LogP contribution in [0.1, 0.15) is 12.8 Å². The van der Waals surface area contributed by atoms with Gasteiger partial charge in [-0.25, -0.2) is 0 Å². The summed E-state index contributed by atoms with van der Waals surface area (Å²) in [7, 11) is 0. The number of aliphatic hydroxyl groups is 2. The molecule has 1 saturated heterocycles. The van der Waals surface area contributed by atoms with E-state index in [1.807, 2.05) is 0 Å². The van der Waals surface area contributed by atoms with Gasteiger partial charge in [0.15, 0.2) is 46.4 Å². The zero-order chi connectivity index (χ0) is 33.2.